The van der Waals surface area contributed by atoms with E-state index >= 15 is 0 Å². The fourth-order valence-electron chi connectivity index (χ4n) is 3.06. The van der Waals surface area contributed by atoms with Crippen molar-refractivity contribution >= 4 is 5.97 Å². The zero-order chi connectivity index (χ0) is 20.1. The zero-order valence-electron chi connectivity index (χ0n) is 15.5. The third kappa shape index (κ3) is 4.69. The Bertz CT molecular complexity index is 762. The molecule has 1 aliphatic rings. The largest absolute Gasteiger partial charge is 0.489 e. The molecule has 0 saturated carbocycles. The molecule has 7 heteroatoms. The molecule has 0 aliphatic carbocycles. The molecule has 7 nitrogen and oxygen atoms in total. The molecule has 3 N–H and O–H groups in total. The molecule has 1 aliphatic heterocycles. The van der Waals surface area contributed by atoms with Crippen LogP contribution in [0.15, 0.2) is 54.6 Å². The van der Waals surface area contributed by atoms with E-state index in [1.807, 2.05) is 30.3 Å². The van der Waals surface area contributed by atoms with E-state index in [1.165, 1.54) is 0 Å². The summed E-state index contributed by atoms with van der Waals surface area (Å²) < 4.78 is 16.4. The molecule has 2 aromatic carbocycles. The second-order valence-electron chi connectivity index (χ2n) is 6.71. The second-order valence-corrected chi connectivity index (χ2v) is 6.71. The molecule has 150 valence electrons. The van der Waals surface area contributed by atoms with Gasteiger partial charge in [-0.05, 0) is 36.8 Å². The van der Waals surface area contributed by atoms with Crippen LogP contribution in [0.3, 0.4) is 0 Å². The second kappa shape index (κ2) is 9.16. The number of rotatable bonds is 6. The van der Waals surface area contributed by atoms with Crippen molar-refractivity contribution in [1.29, 1.82) is 0 Å². The van der Waals surface area contributed by atoms with Gasteiger partial charge < -0.3 is 29.5 Å². The lowest BCUT2D eigenvalue weighted by Gasteiger charge is -2.40. The van der Waals surface area contributed by atoms with Gasteiger partial charge in [-0.15, -0.1) is 0 Å². The van der Waals surface area contributed by atoms with Gasteiger partial charge in [-0.25, -0.2) is 4.79 Å². The van der Waals surface area contributed by atoms with Gasteiger partial charge in [0.05, 0.1) is 18.3 Å². The van der Waals surface area contributed by atoms with E-state index in [9.17, 15) is 15.0 Å². The quantitative estimate of drug-likeness (QED) is 0.641. The number of ether oxygens (including phenoxy) is 3. The molecule has 28 heavy (non-hydrogen) atoms. The summed E-state index contributed by atoms with van der Waals surface area (Å²) in [5.74, 6) is -0.0419. The monoisotopic (exact) mass is 388 g/mol. The highest BCUT2D eigenvalue weighted by Crippen LogP contribution is 2.24. The Kier molecular flexibility index (Phi) is 6.64. The van der Waals surface area contributed by atoms with Crippen molar-refractivity contribution in [3.05, 3.63) is 65.7 Å². The highest BCUT2D eigenvalue weighted by molar-refractivity contribution is 5.89. The Balaban J connectivity index is 1.58. The Morgan fingerprint density at radius 3 is 2.36 bits per heavy atom. The van der Waals surface area contributed by atoms with E-state index < -0.39 is 43.1 Å². The Morgan fingerprint density at radius 1 is 1.04 bits per heavy atom. The fourth-order valence-corrected chi connectivity index (χ4v) is 3.06. The Hall–Kier alpha value is -2.45. The minimum atomic E-state index is -1.35. The summed E-state index contributed by atoms with van der Waals surface area (Å²) in [7, 11) is 0. The SMILES string of the molecule is CC1O[C@H](CO)[C@@H](O)[C@H](O)[C@H]1OC(=O)c1ccc(OCc2ccccc2)cc1. The Morgan fingerprint density at radius 2 is 1.71 bits per heavy atom. The predicted molar refractivity (Wildman–Crippen MR) is 99.9 cm³/mol. The standard InChI is InChI=1S/C21H24O7/c1-13-20(19(24)18(23)17(11-22)27-13)28-21(25)15-7-9-16(10-8-15)26-12-14-5-3-2-4-6-14/h2-10,13,17-20,22-24H,11-12H2,1H3/t13?,17-,18-,19+,20+/m1/s1. The summed E-state index contributed by atoms with van der Waals surface area (Å²) in [4.78, 5) is 12.4. The van der Waals surface area contributed by atoms with Crippen LogP contribution in [0.2, 0.25) is 0 Å². The van der Waals surface area contributed by atoms with Gasteiger partial charge in [-0.2, -0.15) is 0 Å². The van der Waals surface area contributed by atoms with E-state index in [0.29, 0.717) is 12.4 Å². The topological polar surface area (TPSA) is 105 Å². The fraction of sp³-hybridized carbons (Fsp3) is 0.381. The number of aliphatic hydroxyl groups excluding tert-OH is 3. The molecular formula is C21H24O7. The molecule has 1 saturated heterocycles. The van der Waals surface area contributed by atoms with Crippen molar-refractivity contribution in [3.63, 3.8) is 0 Å². The van der Waals surface area contributed by atoms with Crippen LogP contribution in [0.5, 0.6) is 5.75 Å². The van der Waals surface area contributed by atoms with Crippen LogP contribution >= 0.6 is 0 Å². The van der Waals surface area contributed by atoms with Gasteiger partial charge in [-0.3, -0.25) is 0 Å². The first kappa shape index (κ1) is 20.3. The minimum Gasteiger partial charge on any atom is -0.489 e. The lowest BCUT2D eigenvalue weighted by Crippen LogP contribution is -2.58. The third-order valence-corrected chi connectivity index (χ3v) is 4.68. The normalized spacial score (nSPS) is 27.2. The number of hydrogen-bond donors (Lipinski definition) is 3. The maximum atomic E-state index is 12.4. The molecule has 1 fully saturated rings. The van der Waals surface area contributed by atoms with Crippen LogP contribution in [-0.2, 0) is 16.1 Å². The number of carbonyl (C=O) groups excluding carboxylic acids is 1. The van der Waals surface area contributed by atoms with Gasteiger partial charge in [0.15, 0.2) is 6.10 Å². The van der Waals surface area contributed by atoms with Crippen molar-refractivity contribution in [1.82, 2.24) is 0 Å². The molecule has 5 atom stereocenters. The summed E-state index contributed by atoms with van der Waals surface area (Å²) in [6.07, 6.45) is -5.32. The minimum absolute atomic E-state index is 0.283. The van der Waals surface area contributed by atoms with Crippen LogP contribution in [0, 0.1) is 0 Å². The van der Waals surface area contributed by atoms with Crippen molar-refractivity contribution in [2.75, 3.05) is 6.61 Å². The maximum Gasteiger partial charge on any atom is 0.338 e. The van der Waals surface area contributed by atoms with E-state index in [0.717, 1.165) is 5.56 Å². The number of carbonyl (C=O) groups is 1. The molecule has 3 rings (SSSR count). The number of hydrogen-bond acceptors (Lipinski definition) is 7. The smallest absolute Gasteiger partial charge is 0.338 e. The van der Waals surface area contributed by atoms with E-state index in [2.05, 4.69) is 0 Å². The maximum absolute atomic E-state index is 12.4. The predicted octanol–water partition coefficient (Wildman–Crippen LogP) is 1.29. The summed E-state index contributed by atoms with van der Waals surface area (Å²) in [6, 6.07) is 16.2. The highest BCUT2D eigenvalue weighted by Gasteiger charge is 2.44. The lowest BCUT2D eigenvalue weighted by atomic mass is 9.96. The molecule has 1 heterocycles. The van der Waals surface area contributed by atoms with Crippen LogP contribution in [0.1, 0.15) is 22.8 Å². The van der Waals surface area contributed by atoms with Crippen molar-refractivity contribution < 1.29 is 34.3 Å². The van der Waals surface area contributed by atoms with Crippen molar-refractivity contribution in [2.24, 2.45) is 0 Å². The average Bonchev–Trinajstić information content (AvgIpc) is 2.73. The van der Waals surface area contributed by atoms with Crippen LogP contribution < -0.4 is 4.74 Å². The lowest BCUT2D eigenvalue weighted by molar-refractivity contribution is -0.224. The molecule has 2 aromatic rings. The van der Waals surface area contributed by atoms with Crippen LogP contribution in [-0.4, -0.2) is 58.4 Å². The summed E-state index contributed by atoms with van der Waals surface area (Å²) in [5.41, 5.74) is 1.32. The van der Waals surface area contributed by atoms with Gasteiger partial charge in [-0.1, -0.05) is 30.3 Å². The van der Waals surface area contributed by atoms with Gasteiger partial charge in [0.1, 0.15) is 30.7 Å². The summed E-state index contributed by atoms with van der Waals surface area (Å²) in [6.45, 7) is 1.58. The summed E-state index contributed by atoms with van der Waals surface area (Å²) in [5, 5.41) is 29.3. The first-order valence-corrected chi connectivity index (χ1v) is 9.10. The van der Waals surface area contributed by atoms with Gasteiger partial charge in [0.2, 0.25) is 0 Å². The summed E-state index contributed by atoms with van der Waals surface area (Å²) >= 11 is 0. The van der Waals surface area contributed by atoms with E-state index in [-0.39, 0.29) is 5.56 Å². The molecule has 0 aromatic heterocycles. The van der Waals surface area contributed by atoms with E-state index in [4.69, 9.17) is 19.3 Å². The first-order chi connectivity index (χ1) is 13.5. The van der Waals surface area contributed by atoms with Crippen molar-refractivity contribution in [2.45, 2.75) is 44.1 Å². The average molecular weight is 388 g/mol. The molecule has 0 radical (unpaired) electrons. The molecule has 0 spiro atoms. The van der Waals surface area contributed by atoms with Gasteiger partial charge in [0.25, 0.3) is 0 Å². The molecule has 0 amide bonds. The number of esters is 1. The number of aliphatic hydroxyl groups is 3. The van der Waals surface area contributed by atoms with Gasteiger partial charge in [0, 0.05) is 0 Å². The molecule has 1 unspecified atom stereocenters. The van der Waals surface area contributed by atoms with E-state index in [1.54, 1.807) is 31.2 Å². The van der Waals surface area contributed by atoms with Crippen LogP contribution in [0.4, 0.5) is 0 Å². The van der Waals surface area contributed by atoms with Crippen LogP contribution in [0.25, 0.3) is 0 Å². The highest BCUT2D eigenvalue weighted by atomic mass is 16.6. The zero-order valence-corrected chi connectivity index (χ0v) is 15.5. The number of benzene rings is 2. The van der Waals surface area contributed by atoms with Crippen molar-refractivity contribution in [3.8, 4) is 5.75 Å². The first-order valence-electron chi connectivity index (χ1n) is 9.10. The Labute approximate surface area is 163 Å². The third-order valence-electron chi connectivity index (χ3n) is 4.68. The molecule has 0 bridgehead atoms. The molecular weight excluding hydrogens is 364 g/mol. The van der Waals surface area contributed by atoms with Gasteiger partial charge >= 0.3 is 5.97 Å².